The third-order valence-corrected chi connectivity index (χ3v) is 11.4. The first-order chi connectivity index (χ1) is 9.86. The zero-order valence-corrected chi connectivity index (χ0v) is 17.7. The maximum absolute atomic E-state index is 11.3. The van der Waals surface area contributed by atoms with Crippen LogP contribution in [0.4, 0.5) is 0 Å². The van der Waals surface area contributed by atoms with E-state index in [1.54, 1.807) is 23.6 Å². The molecule has 5 nitrogen and oxygen atoms in total. The van der Waals surface area contributed by atoms with Gasteiger partial charge in [0.25, 0.3) is 0 Å². The van der Waals surface area contributed by atoms with Crippen LogP contribution < -0.4 is 0 Å². The summed E-state index contributed by atoms with van der Waals surface area (Å²) < 4.78 is 6.53. The molecule has 22 heavy (non-hydrogen) atoms. The third kappa shape index (κ3) is 9.37. The lowest BCUT2D eigenvalue weighted by Crippen LogP contribution is -2.46. The van der Waals surface area contributed by atoms with Gasteiger partial charge in [-0.15, -0.1) is 0 Å². The van der Waals surface area contributed by atoms with Gasteiger partial charge < -0.3 is 13.9 Å². The Morgan fingerprint density at radius 1 is 0.818 bits per heavy atom. The second-order valence-electron chi connectivity index (χ2n) is 7.36. The molecule has 7 heteroatoms. The molecular formula is C15H34N2O3Si2. The number of nitrogens with zero attached hydrogens (tertiary/aromatic N) is 2. The van der Waals surface area contributed by atoms with Crippen molar-refractivity contribution in [2.75, 3.05) is 27.2 Å². The highest BCUT2D eigenvalue weighted by Crippen LogP contribution is 2.23. The van der Waals surface area contributed by atoms with E-state index in [9.17, 15) is 9.59 Å². The normalized spacial score (nSPS) is 12.2. The number of amides is 2. The van der Waals surface area contributed by atoms with Gasteiger partial charge in [-0.1, -0.05) is 0 Å². The molecule has 0 unspecified atom stereocenters. The summed E-state index contributed by atoms with van der Waals surface area (Å²) in [7, 11) is 0.203. The number of hydrogen-bond acceptors (Lipinski definition) is 3. The van der Waals surface area contributed by atoms with Crippen LogP contribution in [-0.4, -0.2) is 65.4 Å². The molecule has 0 aliphatic heterocycles. The van der Waals surface area contributed by atoms with E-state index in [2.05, 4.69) is 26.2 Å². The van der Waals surface area contributed by atoms with Crippen molar-refractivity contribution in [3.63, 3.8) is 0 Å². The average Bonchev–Trinajstić information content (AvgIpc) is 2.33. The van der Waals surface area contributed by atoms with E-state index in [4.69, 9.17) is 4.12 Å². The van der Waals surface area contributed by atoms with Crippen LogP contribution in [0, 0.1) is 0 Å². The molecule has 0 saturated carbocycles. The van der Waals surface area contributed by atoms with Gasteiger partial charge in [0.05, 0.1) is 0 Å². The van der Waals surface area contributed by atoms with Crippen molar-refractivity contribution in [1.29, 1.82) is 0 Å². The van der Waals surface area contributed by atoms with Crippen LogP contribution in [0.2, 0.25) is 38.3 Å². The summed E-state index contributed by atoms with van der Waals surface area (Å²) in [5.74, 6) is 0.218. The molecule has 2 amide bonds. The number of carbonyl (C=O) groups excluding carboxylic acids is 2. The molecule has 0 N–H and O–H groups in total. The van der Waals surface area contributed by atoms with Crippen molar-refractivity contribution in [2.45, 2.75) is 58.5 Å². The summed E-state index contributed by atoms with van der Waals surface area (Å²) >= 11 is 0. The lowest BCUT2D eigenvalue weighted by Gasteiger charge is -2.35. The van der Waals surface area contributed by atoms with Crippen molar-refractivity contribution in [1.82, 2.24) is 9.80 Å². The Labute approximate surface area is 138 Å². The SMILES string of the molecule is CC(=O)N(C)CCC[Si](C)(C)O[Si](C)(C)CCN(C)C(C)=O. The van der Waals surface area contributed by atoms with E-state index < -0.39 is 16.6 Å². The second kappa shape index (κ2) is 8.83. The zero-order valence-electron chi connectivity index (χ0n) is 15.7. The van der Waals surface area contributed by atoms with E-state index in [0.717, 1.165) is 31.6 Å². The second-order valence-corrected chi connectivity index (χ2v) is 16.2. The zero-order chi connectivity index (χ0) is 17.6. The molecule has 0 spiro atoms. The monoisotopic (exact) mass is 346 g/mol. The van der Waals surface area contributed by atoms with Gasteiger partial charge in [0.2, 0.25) is 11.8 Å². The highest BCUT2D eigenvalue weighted by molar-refractivity contribution is 6.84. The van der Waals surface area contributed by atoms with E-state index in [1.165, 1.54) is 0 Å². The minimum absolute atomic E-state index is 0.105. The van der Waals surface area contributed by atoms with Crippen molar-refractivity contribution in [3.8, 4) is 0 Å². The van der Waals surface area contributed by atoms with Gasteiger partial charge in [-0.25, -0.2) is 0 Å². The molecule has 0 aliphatic rings. The number of hydrogen-bond donors (Lipinski definition) is 0. The molecule has 0 aromatic heterocycles. The first-order valence-corrected chi connectivity index (χ1v) is 14.2. The molecule has 130 valence electrons. The Balaban J connectivity index is 4.30. The standard InChI is InChI=1S/C15H34N2O3Si2/c1-14(18)16(3)10-9-12-21(5,6)20-22(7,8)13-11-17(4)15(2)19/h9-13H2,1-8H3. The van der Waals surface area contributed by atoms with Crippen molar-refractivity contribution < 1.29 is 13.7 Å². The molecule has 0 rings (SSSR count). The van der Waals surface area contributed by atoms with Crippen LogP contribution in [0.25, 0.3) is 0 Å². The van der Waals surface area contributed by atoms with Crippen molar-refractivity contribution in [3.05, 3.63) is 0 Å². The first kappa shape index (κ1) is 21.3. The van der Waals surface area contributed by atoms with Gasteiger partial charge in [0.1, 0.15) is 0 Å². The highest BCUT2D eigenvalue weighted by atomic mass is 28.4. The minimum Gasteiger partial charge on any atom is -0.455 e. The van der Waals surface area contributed by atoms with Crippen LogP contribution in [0.15, 0.2) is 0 Å². The van der Waals surface area contributed by atoms with Gasteiger partial charge in [-0.3, -0.25) is 9.59 Å². The summed E-state index contributed by atoms with van der Waals surface area (Å²) in [5, 5.41) is 0. The topological polar surface area (TPSA) is 49.9 Å². The van der Waals surface area contributed by atoms with Gasteiger partial charge in [-0.05, 0) is 44.7 Å². The summed E-state index contributed by atoms with van der Waals surface area (Å²) in [6.07, 6.45) is 0.993. The van der Waals surface area contributed by atoms with E-state index in [1.807, 2.05) is 14.1 Å². The van der Waals surface area contributed by atoms with Crippen LogP contribution >= 0.6 is 0 Å². The molecule has 0 aromatic carbocycles. The van der Waals surface area contributed by atoms with E-state index >= 15 is 0 Å². The predicted octanol–water partition coefficient (Wildman–Crippen LogP) is 2.76. The first-order valence-electron chi connectivity index (χ1n) is 8.00. The molecule has 0 bridgehead atoms. The molecule has 0 radical (unpaired) electrons. The van der Waals surface area contributed by atoms with Crippen molar-refractivity contribution in [2.24, 2.45) is 0 Å². The van der Waals surface area contributed by atoms with Gasteiger partial charge >= 0.3 is 0 Å². The quantitative estimate of drug-likeness (QED) is 0.603. The fraction of sp³-hybridized carbons (Fsp3) is 0.867. The van der Waals surface area contributed by atoms with Crippen LogP contribution in [-0.2, 0) is 13.7 Å². The predicted molar refractivity (Wildman–Crippen MR) is 96.9 cm³/mol. The molecule has 0 saturated heterocycles. The number of rotatable bonds is 9. The summed E-state index contributed by atoms with van der Waals surface area (Å²) in [6, 6.07) is 2.02. The molecule has 0 fully saturated rings. The molecule has 0 atom stereocenters. The largest absolute Gasteiger partial charge is 0.455 e. The Bertz CT molecular complexity index is 387. The third-order valence-electron chi connectivity index (χ3n) is 3.95. The summed E-state index contributed by atoms with van der Waals surface area (Å²) in [4.78, 5) is 26.0. The minimum atomic E-state index is -1.76. The van der Waals surface area contributed by atoms with Gasteiger partial charge in [0.15, 0.2) is 16.6 Å². The molecular weight excluding hydrogens is 312 g/mol. The average molecular weight is 347 g/mol. The summed E-state index contributed by atoms with van der Waals surface area (Å²) in [6.45, 7) is 13.7. The van der Waals surface area contributed by atoms with E-state index in [0.29, 0.717) is 0 Å². The van der Waals surface area contributed by atoms with Gasteiger partial charge in [0, 0.05) is 41.0 Å². The smallest absolute Gasteiger partial charge is 0.219 e. The van der Waals surface area contributed by atoms with Crippen LogP contribution in [0.1, 0.15) is 20.3 Å². The van der Waals surface area contributed by atoms with Crippen molar-refractivity contribution >= 4 is 28.4 Å². The number of carbonyl (C=O) groups is 2. The Morgan fingerprint density at radius 2 is 1.23 bits per heavy atom. The molecule has 0 aliphatic carbocycles. The van der Waals surface area contributed by atoms with Crippen LogP contribution in [0.3, 0.4) is 0 Å². The lowest BCUT2D eigenvalue weighted by molar-refractivity contribution is -0.128. The van der Waals surface area contributed by atoms with E-state index in [-0.39, 0.29) is 11.8 Å². The lowest BCUT2D eigenvalue weighted by atomic mass is 10.4. The Hall–Kier alpha value is -0.666. The fourth-order valence-corrected chi connectivity index (χ4v) is 11.0. The molecule has 0 heterocycles. The highest BCUT2D eigenvalue weighted by Gasteiger charge is 2.32. The maximum Gasteiger partial charge on any atom is 0.219 e. The van der Waals surface area contributed by atoms with Gasteiger partial charge in [-0.2, -0.15) is 0 Å². The van der Waals surface area contributed by atoms with Crippen LogP contribution in [0.5, 0.6) is 0 Å². The Kier molecular flexibility index (Phi) is 8.57. The summed E-state index contributed by atoms with van der Waals surface area (Å²) in [5.41, 5.74) is 0. The molecule has 0 aromatic rings. The maximum atomic E-state index is 11.3. The fourth-order valence-electron chi connectivity index (χ4n) is 2.34. The Morgan fingerprint density at radius 3 is 1.68 bits per heavy atom.